The molecule has 0 radical (unpaired) electrons. The normalized spacial score (nSPS) is 12.8. The predicted octanol–water partition coefficient (Wildman–Crippen LogP) is 18.9. The zero-order chi connectivity index (χ0) is 49.3. The van der Waals surface area contributed by atoms with Crippen molar-refractivity contribution < 1.29 is 28.6 Å². The molecule has 0 rings (SSSR count). The minimum absolute atomic E-state index is 0.0839. The van der Waals surface area contributed by atoms with Crippen molar-refractivity contribution in [2.45, 2.75) is 264 Å². The Hall–Kier alpha value is -3.67. The second kappa shape index (κ2) is 55.9. The van der Waals surface area contributed by atoms with E-state index in [0.717, 1.165) is 122 Å². The lowest BCUT2D eigenvalue weighted by atomic mass is 10.1. The summed E-state index contributed by atoms with van der Waals surface area (Å²) in [4.78, 5) is 38.0. The summed E-state index contributed by atoms with van der Waals surface area (Å²) in [5, 5.41) is 0. The summed E-state index contributed by atoms with van der Waals surface area (Å²) in [6.45, 7) is 6.37. The van der Waals surface area contributed by atoms with Crippen LogP contribution in [-0.4, -0.2) is 37.2 Å². The van der Waals surface area contributed by atoms with Gasteiger partial charge in [-0.05, 0) is 96.3 Å². The van der Waals surface area contributed by atoms with Crippen LogP contribution >= 0.6 is 0 Å². The summed E-state index contributed by atoms with van der Waals surface area (Å²) in [5.74, 6) is -0.905. The van der Waals surface area contributed by atoms with Crippen molar-refractivity contribution in [3.8, 4) is 0 Å². The van der Waals surface area contributed by atoms with Crippen molar-refractivity contribution in [2.75, 3.05) is 13.2 Å². The Labute approximate surface area is 419 Å². The average molecular weight is 946 g/mol. The summed E-state index contributed by atoms with van der Waals surface area (Å²) in [6.07, 6.45) is 74.1. The van der Waals surface area contributed by atoms with E-state index in [4.69, 9.17) is 14.2 Å². The molecule has 0 saturated carbocycles. The Kier molecular flexibility index (Phi) is 52.9. The van der Waals surface area contributed by atoms with Gasteiger partial charge in [-0.2, -0.15) is 0 Å². The monoisotopic (exact) mass is 945 g/mol. The molecule has 6 nitrogen and oxygen atoms in total. The number of rotatable bonds is 50. The van der Waals surface area contributed by atoms with Crippen LogP contribution < -0.4 is 0 Å². The van der Waals surface area contributed by atoms with Crippen LogP contribution in [0, 0.1) is 0 Å². The number of hydrogen-bond acceptors (Lipinski definition) is 6. The molecule has 0 aliphatic carbocycles. The first kappa shape index (κ1) is 64.3. The van der Waals surface area contributed by atoms with E-state index in [1.54, 1.807) is 0 Å². The summed E-state index contributed by atoms with van der Waals surface area (Å²) in [5.41, 5.74) is 0. The zero-order valence-electron chi connectivity index (χ0n) is 44.3. The van der Waals surface area contributed by atoms with Gasteiger partial charge < -0.3 is 14.2 Å². The van der Waals surface area contributed by atoms with E-state index < -0.39 is 6.10 Å². The third kappa shape index (κ3) is 53.3. The second-order valence-electron chi connectivity index (χ2n) is 18.4. The molecule has 0 bridgehead atoms. The van der Waals surface area contributed by atoms with Crippen LogP contribution in [-0.2, 0) is 28.6 Å². The van der Waals surface area contributed by atoms with Crippen LogP contribution in [0.15, 0.2) is 97.2 Å². The highest BCUT2D eigenvalue weighted by Crippen LogP contribution is 2.15. The van der Waals surface area contributed by atoms with Gasteiger partial charge in [-0.15, -0.1) is 0 Å². The van der Waals surface area contributed by atoms with Crippen molar-refractivity contribution in [3.63, 3.8) is 0 Å². The Morgan fingerprint density at radius 1 is 0.309 bits per heavy atom. The Morgan fingerprint density at radius 3 is 0.897 bits per heavy atom. The first-order valence-corrected chi connectivity index (χ1v) is 28.2. The van der Waals surface area contributed by atoms with Crippen molar-refractivity contribution in [1.29, 1.82) is 0 Å². The predicted molar refractivity (Wildman–Crippen MR) is 293 cm³/mol. The highest BCUT2D eigenvalue weighted by Gasteiger charge is 2.19. The van der Waals surface area contributed by atoms with Gasteiger partial charge >= 0.3 is 17.9 Å². The van der Waals surface area contributed by atoms with E-state index in [9.17, 15) is 14.4 Å². The van der Waals surface area contributed by atoms with Crippen LogP contribution in [0.3, 0.4) is 0 Å². The van der Waals surface area contributed by atoms with Gasteiger partial charge in [0.1, 0.15) is 13.2 Å². The summed E-state index contributed by atoms with van der Waals surface area (Å²) in [6, 6.07) is 0. The second-order valence-corrected chi connectivity index (χ2v) is 18.4. The molecular formula is C62H104O6. The lowest BCUT2D eigenvalue weighted by Crippen LogP contribution is -2.30. The van der Waals surface area contributed by atoms with E-state index in [2.05, 4.69) is 118 Å². The topological polar surface area (TPSA) is 78.9 Å². The molecule has 0 aromatic heterocycles. The number of esters is 3. The molecule has 0 heterocycles. The molecule has 0 saturated heterocycles. The van der Waals surface area contributed by atoms with Gasteiger partial charge in [0.2, 0.25) is 0 Å². The molecule has 0 aromatic rings. The van der Waals surface area contributed by atoms with Gasteiger partial charge in [0.15, 0.2) is 6.10 Å². The molecule has 0 amide bonds. The number of carbonyl (C=O) groups excluding carboxylic acids is 3. The van der Waals surface area contributed by atoms with Gasteiger partial charge in [0.25, 0.3) is 0 Å². The largest absolute Gasteiger partial charge is 0.462 e. The van der Waals surface area contributed by atoms with E-state index >= 15 is 0 Å². The van der Waals surface area contributed by atoms with E-state index in [-0.39, 0.29) is 31.1 Å². The highest BCUT2D eigenvalue weighted by atomic mass is 16.6. The third-order valence-electron chi connectivity index (χ3n) is 11.8. The lowest BCUT2D eigenvalue weighted by molar-refractivity contribution is -0.167. The zero-order valence-corrected chi connectivity index (χ0v) is 44.3. The Morgan fingerprint density at radius 2 is 0.574 bits per heavy atom. The fourth-order valence-electron chi connectivity index (χ4n) is 7.66. The molecule has 0 aromatic carbocycles. The quantitative estimate of drug-likeness (QED) is 0.0262. The van der Waals surface area contributed by atoms with Crippen LogP contribution in [0.5, 0.6) is 0 Å². The fourth-order valence-corrected chi connectivity index (χ4v) is 7.66. The number of unbranched alkanes of at least 4 members (excludes halogenated alkanes) is 23. The van der Waals surface area contributed by atoms with Crippen LogP contribution in [0.1, 0.15) is 258 Å². The van der Waals surface area contributed by atoms with Crippen LogP contribution in [0.2, 0.25) is 0 Å². The van der Waals surface area contributed by atoms with Crippen LogP contribution in [0.4, 0.5) is 0 Å². The standard InChI is InChI=1S/C62H104O6/c1-4-7-10-13-16-19-21-23-25-27-29-30-31-32-34-35-37-39-41-43-46-49-52-55-61(64)67-58-59(57-66-60(63)54-51-48-45-18-15-12-9-6-3)68-62(65)56-53-50-47-44-42-40-38-36-33-28-26-24-22-20-17-14-11-8-5-2/h7-8,10-11,16-17,19-20,23-26,29-30,33,36,59H,4-6,9,12-15,18,21-22,27-28,31-32,34-35,37-58H2,1-3H3/b10-7-,11-8-,19-16-,20-17-,25-23-,26-24-,30-29-,36-33-. The lowest BCUT2D eigenvalue weighted by Gasteiger charge is -2.18. The maximum absolute atomic E-state index is 12.8. The van der Waals surface area contributed by atoms with Gasteiger partial charge in [-0.3, -0.25) is 14.4 Å². The molecule has 0 spiro atoms. The molecule has 0 N–H and O–H groups in total. The molecule has 6 heteroatoms. The molecule has 0 fully saturated rings. The minimum atomic E-state index is -0.785. The molecular weight excluding hydrogens is 841 g/mol. The van der Waals surface area contributed by atoms with Crippen LogP contribution in [0.25, 0.3) is 0 Å². The Bertz CT molecular complexity index is 1360. The summed E-state index contributed by atoms with van der Waals surface area (Å²) in [7, 11) is 0. The smallest absolute Gasteiger partial charge is 0.306 e. The molecule has 0 aliphatic rings. The number of allylic oxidation sites excluding steroid dienone is 16. The van der Waals surface area contributed by atoms with Gasteiger partial charge in [-0.1, -0.05) is 240 Å². The maximum atomic E-state index is 12.8. The molecule has 388 valence electrons. The van der Waals surface area contributed by atoms with Crippen molar-refractivity contribution in [2.24, 2.45) is 0 Å². The van der Waals surface area contributed by atoms with E-state index in [1.807, 2.05) is 0 Å². The first-order chi connectivity index (χ1) is 33.5. The number of hydrogen-bond donors (Lipinski definition) is 0. The fraction of sp³-hybridized carbons (Fsp3) is 0.694. The SMILES string of the molecule is CC/C=C\C/C=C\C/C=C\C/C=C\CCCCCCCCCCCCC(=O)OCC(COC(=O)CCCCCCCCCC)OC(=O)CCCCCCCC/C=C\C/C=C\C/C=C\C/C=C\CC. The maximum Gasteiger partial charge on any atom is 0.306 e. The number of carbonyl (C=O) groups is 3. The number of ether oxygens (including phenoxy) is 3. The first-order valence-electron chi connectivity index (χ1n) is 28.2. The van der Waals surface area contributed by atoms with Gasteiger partial charge in [-0.25, -0.2) is 0 Å². The summed E-state index contributed by atoms with van der Waals surface area (Å²) < 4.78 is 16.8. The average Bonchev–Trinajstić information content (AvgIpc) is 3.34. The van der Waals surface area contributed by atoms with Crippen molar-refractivity contribution in [1.82, 2.24) is 0 Å². The highest BCUT2D eigenvalue weighted by molar-refractivity contribution is 5.71. The third-order valence-corrected chi connectivity index (χ3v) is 11.8. The molecule has 1 atom stereocenters. The molecule has 68 heavy (non-hydrogen) atoms. The van der Waals surface area contributed by atoms with Gasteiger partial charge in [0.05, 0.1) is 0 Å². The van der Waals surface area contributed by atoms with Gasteiger partial charge in [0, 0.05) is 19.3 Å². The molecule has 0 aliphatic heterocycles. The molecule has 1 unspecified atom stereocenters. The summed E-state index contributed by atoms with van der Waals surface area (Å²) >= 11 is 0. The van der Waals surface area contributed by atoms with E-state index in [1.165, 1.54) is 96.3 Å². The van der Waals surface area contributed by atoms with Crippen molar-refractivity contribution >= 4 is 17.9 Å². The Balaban J connectivity index is 4.27. The van der Waals surface area contributed by atoms with E-state index in [0.29, 0.717) is 19.3 Å². The van der Waals surface area contributed by atoms with Crippen molar-refractivity contribution in [3.05, 3.63) is 97.2 Å². The minimum Gasteiger partial charge on any atom is -0.462 e.